The maximum atomic E-state index is 13.1. The molecule has 33 heavy (non-hydrogen) atoms. The van der Waals surface area contributed by atoms with E-state index in [0.29, 0.717) is 6.54 Å². The van der Waals surface area contributed by atoms with Gasteiger partial charge in [-0.15, -0.1) is 22.7 Å². The highest BCUT2D eigenvalue weighted by molar-refractivity contribution is 7.18. The monoisotopic (exact) mass is 485 g/mol. The maximum Gasteiger partial charge on any atom is 0.223 e. The fraction of sp³-hybridized carbons (Fsp3) is 0.542. The van der Waals surface area contributed by atoms with Gasteiger partial charge in [0, 0.05) is 48.4 Å². The highest BCUT2D eigenvalue weighted by atomic mass is 32.1. The average Bonchev–Trinajstić information content (AvgIpc) is 3.48. The number of morpholine rings is 1. The van der Waals surface area contributed by atoms with Crippen molar-refractivity contribution in [2.75, 3.05) is 50.8 Å². The molecule has 2 fully saturated rings. The van der Waals surface area contributed by atoms with Crippen molar-refractivity contribution in [3.8, 4) is 0 Å². The van der Waals surface area contributed by atoms with Gasteiger partial charge >= 0.3 is 0 Å². The Morgan fingerprint density at radius 1 is 1.21 bits per heavy atom. The van der Waals surface area contributed by atoms with Crippen LogP contribution in [-0.2, 0) is 9.53 Å². The molecule has 0 radical (unpaired) electrons. The molecule has 1 atom stereocenters. The van der Waals surface area contributed by atoms with E-state index in [9.17, 15) is 4.79 Å². The molecule has 0 aliphatic carbocycles. The van der Waals surface area contributed by atoms with E-state index in [2.05, 4.69) is 56.4 Å². The molecule has 0 unspecified atom stereocenters. The summed E-state index contributed by atoms with van der Waals surface area (Å²) in [4.78, 5) is 30.6. The third-order valence-electron chi connectivity index (χ3n) is 6.94. The lowest BCUT2D eigenvalue weighted by Gasteiger charge is -2.35. The van der Waals surface area contributed by atoms with Crippen molar-refractivity contribution >= 4 is 44.6 Å². The Balaban J connectivity index is 1.20. The zero-order valence-corrected chi connectivity index (χ0v) is 20.9. The molecule has 0 spiro atoms. The fourth-order valence-electron chi connectivity index (χ4n) is 4.88. The number of nitrogens with one attached hydrogen (secondary N) is 1. The summed E-state index contributed by atoms with van der Waals surface area (Å²) in [5, 5.41) is 6.56. The molecule has 5 rings (SSSR count). The van der Waals surface area contributed by atoms with Gasteiger partial charge in [0.05, 0.1) is 24.6 Å². The summed E-state index contributed by atoms with van der Waals surface area (Å²) in [6, 6.07) is 4.48. The first kappa shape index (κ1) is 22.7. The van der Waals surface area contributed by atoms with Crippen LogP contribution in [0.15, 0.2) is 23.8 Å². The number of aromatic nitrogens is 2. The van der Waals surface area contributed by atoms with Crippen LogP contribution >= 0.6 is 22.7 Å². The van der Waals surface area contributed by atoms with E-state index < -0.39 is 0 Å². The second-order valence-corrected chi connectivity index (χ2v) is 11.0. The molecule has 176 valence electrons. The molecule has 1 N–H and O–H groups in total. The number of hydrogen-bond acceptors (Lipinski definition) is 8. The lowest BCUT2D eigenvalue weighted by molar-refractivity contribution is -0.125. The minimum absolute atomic E-state index is 0.0533. The van der Waals surface area contributed by atoms with Crippen LogP contribution in [0, 0.1) is 19.8 Å². The number of ether oxygens (including phenoxy) is 1. The first-order valence-electron chi connectivity index (χ1n) is 11.7. The van der Waals surface area contributed by atoms with E-state index in [0.717, 1.165) is 62.9 Å². The van der Waals surface area contributed by atoms with Crippen molar-refractivity contribution in [1.29, 1.82) is 0 Å². The second-order valence-electron chi connectivity index (χ2n) is 8.85. The van der Waals surface area contributed by atoms with Crippen molar-refractivity contribution in [2.45, 2.75) is 32.7 Å². The zero-order valence-electron chi connectivity index (χ0n) is 19.2. The Labute approximate surface area is 202 Å². The van der Waals surface area contributed by atoms with E-state index >= 15 is 0 Å². The van der Waals surface area contributed by atoms with Gasteiger partial charge in [-0.05, 0) is 43.7 Å². The van der Waals surface area contributed by atoms with Gasteiger partial charge in [0.1, 0.15) is 17.0 Å². The molecule has 2 saturated heterocycles. The number of thiophene rings is 2. The molecule has 2 aliphatic heterocycles. The Morgan fingerprint density at radius 3 is 2.73 bits per heavy atom. The van der Waals surface area contributed by atoms with Gasteiger partial charge in [0.2, 0.25) is 5.91 Å². The van der Waals surface area contributed by atoms with Gasteiger partial charge < -0.3 is 15.0 Å². The summed E-state index contributed by atoms with van der Waals surface area (Å²) in [5.74, 6) is 1.25. The van der Waals surface area contributed by atoms with Crippen molar-refractivity contribution < 1.29 is 9.53 Å². The van der Waals surface area contributed by atoms with Crippen LogP contribution in [0.1, 0.15) is 34.2 Å². The molecule has 0 bridgehead atoms. The lowest BCUT2D eigenvalue weighted by Crippen LogP contribution is -2.46. The molecule has 0 aromatic carbocycles. The third-order valence-corrected chi connectivity index (χ3v) is 9.03. The highest BCUT2D eigenvalue weighted by Gasteiger charge is 2.29. The largest absolute Gasteiger partial charge is 0.379 e. The number of amides is 1. The minimum atomic E-state index is 0.0533. The maximum absolute atomic E-state index is 13.1. The topological polar surface area (TPSA) is 70.6 Å². The van der Waals surface area contributed by atoms with Crippen LogP contribution < -0.4 is 10.2 Å². The van der Waals surface area contributed by atoms with Gasteiger partial charge in [-0.2, -0.15) is 0 Å². The quantitative estimate of drug-likeness (QED) is 0.573. The highest BCUT2D eigenvalue weighted by Crippen LogP contribution is 2.35. The van der Waals surface area contributed by atoms with Crippen LogP contribution in [0.5, 0.6) is 0 Å². The summed E-state index contributed by atoms with van der Waals surface area (Å²) >= 11 is 3.49. The Morgan fingerprint density at radius 2 is 2.00 bits per heavy atom. The molecule has 0 saturated carbocycles. The number of carbonyl (C=O) groups excluding carboxylic acids is 1. The molecular formula is C24H31N5O2S2. The molecular weight excluding hydrogens is 454 g/mol. The van der Waals surface area contributed by atoms with Crippen LogP contribution in [0.25, 0.3) is 10.2 Å². The molecule has 7 nitrogen and oxygen atoms in total. The van der Waals surface area contributed by atoms with Gasteiger partial charge in [-0.3, -0.25) is 9.69 Å². The molecule has 2 aliphatic rings. The van der Waals surface area contributed by atoms with Crippen LogP contribution in [0.2, 0.25) is 0 Å². The fourth-order valence-corrected chi connectivity index (χ4v) is 6.73. The van der Waals surface area contributed by atoms with E-state index in [-0.39, 0.29) is 17.9 Å². The van der Waals surface area contributed by atoms with Crippen molar-refractivity contribution in [1.82, 2.24) is 20.2 Å². The summed E-state index contributed by atoms with van der Waals surface area (Å²) in [5.41, 5.74) is 1.27. The SMILES string of the molecule is Cc1sc2ncnc(N3CCC(C(=O)NC[C@H](c4cccs4)N4CCOCC4)CC3)c2c1C. The zero-order chi connectivity index (χ0) is 22.8. The number of hydrogen-bond donors (Lipinski definition) is 1. The first-order chi connectivity index (χ1) is 16.1. The van der Waals surface area contributed by atoms with Gasteiger partial charge in [0.25, 0.3) is 0 Å². The molecule has 1 amide bonds. The van der Waals surface area contributed by atoms with E-state index in [1.54, 1.807) is 29.0 Å². The normalized spacial score (nSPS) is 19.2. The van der Waals surface area contributed by atoms with E-state index in [1.807, 2.05) is 0 Å². The van der Waals surface area contributed by atoms with Crippen LogP contribution in [0.3, 0.4) is 0 Å². The molecule has 9 heteroatoms. The first-order valence-corrected chi connectivity index (χ1v) is 13.4. The number of rotatable bonds is 6. The van der Waals surface area contributed by atoms with Crippen molar-refractivity contribution in [3.63, 3.8) is 0 Å². The van der Waals surface area contributed by atoms with Crippen molar-refractivity contribution in [3.05, 3.63) is 39.2 Å². The molecule has 5 heterocycles. The number of aryl methyl sites for hydroxylation is 2. The summed E-state index contributed by atoms with van der Waals surface area (Å²) in [6.07, 6.45) is 3.36. The number of carbonyl (C=O) groups is 1. The van der Waals surface area contributed by atoms with Crippen molar-refractivity contribution in [2.24, 2.45) is 5.92 Å². The number of piperidine rings is 1. The van der Waals surface area contributed by atoms with E-state index in [1.165, 1.54) is 20.7 Å². The number of fused-ring (bicyclic) bond motifs is 1. The van der Waals surface area contributed by atoms with E-state index in [4.69, 9.17) is 4.74 Å². The predicted octanol–water partition coefficient (Wildman–Crippen LogP) is 3.78. The smallest absolute Gasteiger partial charge is 0.223 e. The third kappa shape index (κ3) is 4.77. The molecule has 3 aromatic rings. The lowest BCUT2D eigenvalue weighted by atomic mass is 9.95. The summed E-state index contributed by atoms with van der Waals surface area (Å²) < 4.78 is 5.53. The number of anilines is 1. The van der Waals surface area contributed by atoms with Gasteiger partial charge in [-0.25, -0.2) is 9.97 Å². The van der Waals surface area contributed by atoms with Crippen LogP contribution in [-0.4, -0.2) is 66.7 Å². The Hall–Kier alpha value is -2.07. The van der Waals surface area contributed by atoms with Gasteiger partial charge in [0.15, 0.2) is 0 Å². The summed E-state index contributed by atoms with van der Waals surface area (Å²) in [6.45, 7) is 9.97. The Bertz CT molecular complexity index is 1090. The standard InChI is InChI=1S/C24H31N5O2S2/c1-16-17(2)33-24-21(16)22(26-15-27-24)29-7-5-18(6-8-29)23(30)25-14-19(20-4-3-13-32-20)28-9-11-31-12-10-28/h3-4,13,15,18-19H,5-12,14H2,1-2H3,(H,25,30)/t19-/m1/s1. The van der Waals surface area contributed by atoms with Gasteiger partial charge in [-0.1, -0.05) is 6.07 Å². The number of nitrogens with zero attached hydrogens (tertiary/aromatic N) is 4. The van der Waals surface area contributed by atoms with Crippen LogP contribution in [0.4, 0.5) is 5.82 Å². The second kappa shape index (κ2) is 10.0. The average molecular weight is 486 g/mol. The molecule has 3 aromatic heterocycles. The Kier molecular flexibility index (Phi) is 6.91. The predicted molar refractivity (Wildman–Crippen MR) is 134 cm³/mol. The minimum Gasteiger partial charge on any atom is -0.379 e. The summed E-state index contributed by atoms with van der Waals surface area (Å²) in [7, 11) is 0.